The summed E-state index contributed by atoms with van der Waals surface area (Å²) in [4.78, 5) is 16.6. The summed E-state index contributed by atoms with van der Waals surface area (Å²) < 4.78 is 12.9. The number of halogens is 1. The SMILES string of the molecule is Cc1cc(C)c(C#N)c(SC(C)C(=O)Nc2ccc(F)cc2)n1. The van der Waals surface area contributed by atoms with Crippen LogP contribution in [0.3, 0.4) is 0 Å². The number of hydrogen-bond donors (Lipinski definition) is 1. The third-order valence-electron chi connectivity index (χ3n) is 3.19. The lowest BCUT2D eigenvalue weighted by atomic mass is 10.1. The Kier molecular flexibility index (Phi) is 5.35. The number of amides is 1. The van der Waals surface area contributed by atoms with Gasteiger partial charge in [-0.05, 0) is 56.7 Å². The highest BCUT2D eigenvalue weighted by atomic mass is 32.2. The van der Waals surface area contributed by atoms with Crippen LogP contribution in [0.4, 0.5) is 10.1 Å². The molecule has 118 valence electrons. The number of pyridine rings is 1. The maximum Gasteiger partial charge on any atom is 0.237 e. The van der Waals surface area contributed by atoms with Gasteiger partial charge in [0.1, 0.15) is 16.9 Å². The Balaban J connectivity index is 2.12. The van der Waals surface area contributed by atoms with E-state index in [0.29, 0.717) is 16.3 Å². The summed E-state index contributed by atoms with van der Waals surface area (Å²) in [5, 5.41) is 12.1. The molecule has 0 aliphatic heterocycles. The van der Waals surface area contributed by atoms with Gasteiger partial charge >= 0.3 is 0 Å². The molecule has 1 heterocycles. The van der Waals surface area contributed by atoms with Crippen molar-refractivity contribution in [1.82, 2.24) is 4.98 Å². The number of carbonyl (C=O) groups excluding carboxylic acids is 1. The minimum Gasteiger partial charge on any atom is -0.325 e. The van der Waals surface area contributed by atoms with Gasteiger partial charge in [-0.15, -0.1) is 0 Å². The van der Waals surface area contributed by atoms with Crippen LogP contribution >= 0.6 is 11.8 Å². The Morgan fingerprint density at radius 1 is 1.35 bits per heavy atom. The van der Waals surface area contributed by atoms with Crippen LogP contribution in [0.25, 0.3) is 0 Å². The van der Waals surface area contributed by atoms with Crippen molar-refractivity contribution in [3.8, 4) is 6.07 Å². The van der Waals surface area contributed by atoms with E-state index in [1.165, 1.54) is 36.0 Å². The van der Waals surface area contributed by atoms with E-state index in [1.807, 2.05) is 19.9 Å². The molecule has 0 spiro atoms. The normalized spacial score (nSPS) is 11.6. The van der Waals surface area contributed by atoms with Crippen LogP contribution in [0, 0.1) is 31.0 Å². The Hall–Kier alpha value is -2.39. The van der Waals surface area contributed by atoms with E-state index >= 15 is 0 Å². The van der Waals surface area contributed by atoms with E-state index in [2.05, 4.69) is 16.4 Å². The maximum atomic E-state index is 12.9. The van der Waals surface area contributed by atoms with Crippen molar-refractivity contribution in [2.75, 3.05) is 5.32 Å². The number of rotatable bonds is 4. The molecular weight excluding hydrogens is 313 g/mol. The molecule has 2 aromatic rings. The van der Waals surface area contributed by atoms with E-state index in [0.717, 1.165) is 11.3 Å². The zero-order valence-electron chi connectivity index (χ0n) is 13.1. The van der Waals surface area contributed by atoms with Crippen molar-refractivity contribution in [2.45, 2.75) is 31.0 Å². The first kappa shape index (κ1) is 17.0. The second kappa shape index (κ2) is 7.25. The van der Waals surface area contributed by atoms with E-state index in [4.69, 9.17) is 0 Å². The highest BCUT2D eigenvalue weighted by Gasteiger charge is 2.19. The molecule has 0 aliphatic rings. The summed E-state index contributed by atoms with van der Waals surface area (Å²) in [5.74, 6) is -0.588. The van der Waals surface area contributed by atoms with Gasteiger partial charge in [0.25, 0.3) is 0 Å². The second-order valence-corrected chi connectivity index (χ2v) is 6.46. The van der Waals surface area contributed by atoms with Crippen molar-refractivity contribution in [1.29, 1.82) is 5.26 Å². The van der Waals surface area contributed by atoms with Crippen LogP contribution < -0.4 is 5.32 Å². The van der Waals surface area contributed by atoms with Crippen molar-refractivity contribution in [3.63, 3.8) is 0 Å². The quantitative estimate of drug-likeness (QED) is 0.866. The van der Waals surface area contributed by atoms with Gasteiger partial charge in [0.2, 0.25) is 5.91 Å². The van der Waals surface area contributed by atoms with Gasteiger partial charge in [-0.2, -0.15) is 5.26 Å². The van der Waals surface area contributed by atoms with Crippen molar-refractivity contribution in [2.24, 2.45) is 0 Å². The average molecular weight is 329 g/mol. The monoisotopic (exact) mass is 329 g/mol. The maximum absolute atomic E-state index is 12.9. The Morgan fingerprint density at radius 3 is 2.61 bits per heavy atom. The van der Waals surface area contributed by atoms with Gasteiger partial charge in [0, 0.05) is 11.4 Å². The van der Waals surface area contributed by atoms with Gasteiger partial charge in [-0.1, -0.05) is 11.8 Å². The van der Waals surface area contributed by atoms with Crippen molar-refractivity contribution >= 4 is 23.4 Å². The fourth-order valence-corrected chi connectivity index (χ4v) is 3.04. The molecule has 0 bridgehead atoms. The minimum atomic E-state index is -0.444. The lowest BCUT2D eigenvalue weighted by molar-refractivity contribution is -0.115. The smallest absolute Gasteiger partial charge is 0.237 e. The van der Waals surface area contributed by atoms with Gasteiger partial charge in [-0.3, -0.25) is 4.79 Å². The zero-order valence-corrected chi connectivity index (χ0v) is 13.9. The molecule has 0 saturated carbocycles. The standard InChI is InChI=1S/C17H16FN3OS/c1-10-8-11(2)20-17(15(10)9-19)23-12(3)16(22)21-14-6-4-13(18)5-7-14/h4-8,12H,1-3H3,(H,21,22). The average Bonchev–Trinajstić information content (AvgIpc) is 2.49. The molecule has 6 heteroatoms. The zero-order chi connectivity index (χ0) is 17.0. The molecule has 1 unspecified atom stereocenters. The lowest BCUT2D eigenvalue weighted by Crippen LogP contribution is -2.22. The topological polar surface area (TPSA) is 65.8 Å². The van der Waals surface area contributed by atoms with Gasteiger partial charge in [0.15, 0.2) is 0 Å². The predicted octanol–water partition coefficient (Wildman–Crippen LogP) is 3.83. The fourth-order valence-electron chi connectivity index (χ4n) is 2.02. The molecule has 0 fully saturated rings. The molecule has 0 saturated heterocycles. The summed E-state index contributed by atoms with van der Waals surface area (Å²) >= 11 is 1.23. The van der Waals surface area contributed by atoms with E-state index < -0.39 is 5.25 Å². The molecule has 4 nitrogen and oxygen atoms in total. The second-order valence-electron chi connectivity index (χ2n) is 5.13. The van der Waals surface area contributed by atoms with Gasteiger partial charge < -0.3 is 5.32 Å². The number of nitrogens with zero attached hydrogens (tertiary/aromatic N) is 2. The Labute approximate surface area is 138 Å². The predicted molar refractivity (Wildman–Crippen MR) is 88.8 cm³/mol. The summed E-state index contributed by atoms with van der Waals surface area (Å²) in [6.07, 6.45) is 0. The van der Waals surface area contributed by atoms with Gasteiger partial charge in [-0.25, -0.2) is 9.37 Å². The minimum absolute atomic E-state index is 0.230. The third kappa shape index (κ3) is 4.30. The number of hydrogen-bond acceptors (Lipinski definition) is 4. The fraction of sp³-hybridized carbons (Fsp3) is 0.235. The molecule has 1 amide bonds. The molecule has 1 N–H and O–H groups in total. The summed E-state index contributed by atoms with van der Waals surface area (Å²) in [6, 6.07) is 9.54. The Bertz CT molecular complexity index is 769. The number of carbonyl (C=O) groups is 1. The first-order valence-corrected chi connectivity index (χ1v) is 7.90. The Morgan fingerprint density at radius 2 is 2.00 bits per heavy atom. The number of benzene rings is 1. The largest absolute Gasteiger partial charge is 0.325 e. The molecule has 1 aromatic carbocycles. The van der Waals surface area contributed by atoms with Crippen LogP contribution in [0.2, 0.25) is 0 Å². The van der Waals surface area contributed by atoms with Crippen LogP contribution in [0.15, 0.2) is 35.4 Å². The van der Waals surface area contributed by atoms with E-state index in [-0.39, 0.29) is 11.7 Å². The summed E-state index contributed by atoms with van der Waals surface area (Å²) in [6.45, 7) is 5.44. The lowest BCUT2D eigenvalue weighted by Gasteiger charge is -2.13. The molecule has 2 rings (SSSR count). The van der Waals surface area contributed by atoms with Crippen molar-refractivity contribution in [3.05, 3.63) is 53.0 Å². The highest BCUT2D eigenvalue weighted by Crippen LogP contribution is 2.28. The third-order valence-corrected chi connectivity index (χ3v) is 4.28. The molecule has 23 heavy (non-hydrogen) atoms. The molecule has 0 radical (unpaired) electrons. The number of nitriles is 1. The number of thioether (sulfide) groups is 1. The van der Waals surface area contributed by atoms with Crippen LogP contribution in [0.1, 0.15) is 23.7 Å². The molecule has 0 aliphatic carbocycles. The highest BCUT2D eigenvalue weighted by molar-refractivity contribution is 8.00. The number of aromatic nitrogens is 1. The number of nitrogens with one attached hydrogen (secondary N) is 1. The van der Waals surface area contributed by atoms with E-state index in [1.54, 1.807) is 6.92 Å². The first-order valence-electron chi connectivity index (χ1n) is 7.02. The first-order chi connectivity index (χ1) is 10.9. The molecule has 1 atom stereocenters. The summed E-state index contributed by atoms with van der Waals surface area (Å²) in [7, 11) is 0. The molecule has 1 aromatic heterocycles. The van der Waals surface area contributed by atoms with E-state index in [9.17, 15) is 14.4 Å². The summed E-state index contributed by atoms with van der Waals surface area (Å²) in [5.41, 5.74) is 2.66. The molecular formula is C17H16FN3OS. The van der Waals surface area contributed by atoms with Crippen LogP contribution in [-0.2, 0) is 4.79 Å². The van der Waals surface area contributed by atoms with Crippen LogP contribution in [-0.4, -0.2) is 16.1 Å². The number of anilines is 1. The van der Waals surface area contributed by atoms with Gasteiger partial charge in [0.05, 0.1) is 10.8 Å². The van der Waals surface area contributed by atoms with Crippen LogP contribution in [0.5, 0.6) is 0 Å². The van der Waals surface area contributed by atoms with Crippen molar-refractivity contribution < 1.29 is 9.18 Å². The number of aryl methyl sites for hydroxylation is 2.